The number of aliphatic imine (C=N–C) groups is 1. The monoisotopic (exact) mass is 550 g/mol. The Morgan fingerprint density at radius 1 is 1.05 bits per heavy atom. The molecule has 0 aliphatic carbocycles. The van der Waals surface area contributed by atoms with E-state index in [1.807, 2.05) is 49.4 Å². The van der Waals surface area contributed by atoms with Crippen LogP contribution in [0.3, 0.4) is 0 Å². The van der Waals surface area contributed by atoms with Gasteiger partial charge in [-0.05, 0) is 85.3 Å². The summed E-state index contributed by atoms with van der Waals surface area (Å²) >= 11 is 7.23. The van der Waals surface area contributed by atoms with Crippen LogP contribution >= 0.6 is 23.4 Å². The fourth-order valence-electron chi connectivity index (χ4n) is 3.68. The number of hydrogen-bond acceptors (Lipinski definition) is 7. The fourth-order valence-corrected chi connectivity index (χ4v) is 4.87. The number of ether oxygens (including phenoxy) is 3. The summed E-state index contributed by atoms with van der Waals surface area (Å²) in [4.78, 5) is 32.0. The number of amides is 1. The van der Waals surface area contributed by atoms with E-state index in [0.29, 0.717) is 57.6 Å². The molecule has 0 radical (unpaired) electrons. The molecule has 1 heterocycles. The first-order chi connectivity index (χ1) is 18.4. The number of carbonyl (C=O) groups excluding carboxylic acids is 2. The maximum atomic E-state index is 13.1. The topological polar surface area (TPSA) is 77.4 Å². The average molecular weight is 551 g/mol. The van der Waals surface area contributed by atoms with Crippen molar-refractivity contribution in [2.45, 2.75) is 20.5 Å². The Labute approximate surface area is 231 Å². The molecule has 1 amide bonds. The number of amidine groups is 1. The van der Waals surface area contributed by atoms with Gasteiger partial charge in [-0.1, -0.05) is 35.9 Å². The molecule has 1 fully saturated rings. The SMILES string of the molecule is CCOC(=O)c1cccc(N=C2SC(=Cc3ccc(OCc4ccc(Cl)cc4)c(OC)c3)C(=O)N2CC)c1. The molecule has 38 heavy (non-hydrogen) atoms. The van der Waals surface area contributed by atoms with Gasteiger partial charge in [0.1, 0.15) is 6.61 Å². The zero-order valence-corrected chi connectivity index (χ0v) is 22.8. The maximum Gasteiger partial charge on any atom is 0.338 e. The molecular formula is C29H27ClN2O5S. The lowest BCUT2D eigenvalue weighted by atomic mass is 10.1. The highest BCUT2D eigenvalue weighted by Gasteiger charge is 2.32. The molecule has 196 valence electrons. The number of rotatable bonds is 9. The second-order valence-electron chi connectivity index (χ2n) is 8.15. The molecule has 1 aliphatic rings. The van der Waals surface area contributed by atoms with Gasteiger partial charge in [-0.25, -0.2) is 9.79 Å². The van der Waals surface area contributed by atoms with Gasteiger partial charge in [0.15, 0.2) is 16.7 Å². The Morgan fingerprint density at radius 2 is 1.84 bits per heavy atom. The Balaban J connectivity index is 1.53. The van der Waals surface area contributed by atoms with Gasteiger partial charge in [-0.15, -0.1) is 0 Å². The van der Waals surface area contributed by atoms with Crippen LogP contribution in [-0.2, 0) is 16.1 Å². The third-order valence-corrected chi connectivity index (χ3v) is 6.84. The zero-order chi connectivity index (χ0) is 27.1. The highest BCUT2D eigenvalue weighted by molar-refractivity contribution is 8.18. The first-order valence-corrected chi connectivity index (χ1v) is 13.2. The van der Waals surface area contributed by atoms with Crippen molar-refractivity contribution in [3.8, 4) is 11.5 Å². The van der Waals surface area contributed by atoms with Gasteiger partial charge in [-0.3, -0.25) is 9.69 Å². The summed E-state index contributed by atoms with van der Waals surface area (Å²) < 4.78 is 16.5. The van der Waals surface area contributed by atoms with Gasteiger partial charge in [0.05, 0.1) is 29.9 Å². The number of thioether (sulfide) groups is 1. The average Bonchev–Trinajstić information content (AvgIpc) is 3.22. The molecule has 3 aromatic rings. The Bertz CT molecular complexity index is 1390. The minimum absolute atomic E-state index is 0.139. The summed E-state index contributed by atoms with van der Waals surface area (Å²) in [6, 6.07) is 19.8. The lowest BCUT2D eigenvalue weighted by Crippen LogP contribution is -2.28. The van der Waals surface area contributed by atoms with Gasteiger partial charge in [0.2, 0.25) is 0 Å². The van der Waals surface area contributed by atoms with E-state index in [9.17, 15) is 9.59 Å². The molecule has 0 unspecified atom stereocenters. The van der Waals surface area contributed by atoms with E-state index in [4.69, 9.17) is 25.8 Å². The number of nitrogens with zero attached hydrogens (tertiary/aromatic N) is 2. The Morgan fingerprint density at radius 3 is 2.55 bits per heavy atom. The van der Waals surface area contributed by atoms with Crippen molar-refractivity contribution in [1.29, 1.82) is 0 Å². The number of carbonyl (C=O) groups is 2. The molecule has 1 aliphatic heterocycles. The molecule has 0 spiro atoms. The summed E-state index contributed by atoms with van der Waals surface area (Å²) in [5.74, 6) is 0.599. The summed E-state index contributed by atoms with van der Waals surface area (Å²) in [5, 5.41) is 1.21. The van der Waals surface area contributed by atoms with E-state index >= 15 is 0 Å². The van der Waals surface area contributed by atoms with Crippen LogP contribution in [0, 0.1) is 0 Å². The van der Waals surface area contributed by atoms with Crippen molar-refractivity contribution in [2.75, 3.05) is 20.3 Å². The first kappa shape index (κ1) is 27.3. The minimum atomic E-state index is -0.410. The third kappa shape index (κ3) is 6.57. The summed E-state index contributed by atoms with van der Waals surface area (Å²) in [7, 11) is 1.57. The van der Waals surface area contributed by atoms with Crippen LogP contribution < -0.4 is 9.47 Å². The van der Waals surface area contributed by atoms with Crippen molar-refractivity contribution < 1.29 is 23.8 Å². The van der Waals surface area contributed by atoms with Crippen molar-refractivity contribution in [2.24, 2.45) is 4.99 Å². The molecule has 1 saturated heterocycles. The van der Waals surface area contributed by atoms with E-state index in [2.05, 4.69) is 4.99 Å². The quantitative estimate of drug-likeness (QED) is 0.217. The van der Waals surface area contributed by atoms with Crippen molar-refractivity contribution in [3.05, 3.63) is 93.3 Å². The fraction of sp³-hybridized carbons (Fsp3) is 0.207. The minimum Gasteiger partial charge on any atom is -0.493 e. The Hall–Kier alpha value is -3.75. The van der Waals surface area contributed by atoms with Gasteiger partial charge in [0.25, 0.3) is 5.91 Å². The molecule has 0 atom stereocenters. The van der Waals surface area contributed by atoms with Crippen LogP contribution in [0.15, 0.2) is 76.6 Å². The molecule has 0 aromatic heterocycles. The zero-order valence-electron chi connectivity index (χ0n) is 21.3. The highest BCUT2D eigenvalue weighted by atomic mass is 35.5. The normalized spacial score (nSPS) is 15.3. The molecule has 0 saturated carbocycles. The van der Waals surface area contributed by atoms with Crippen molar-refractivity contribution in [3.63, 3.8) is 0 Å². The summed E-state index contributed by atoms with van der Waals surface area (Å²) in [6.07, 6.45) is 1.80. The second-order valence-corrected chi connectivity index (χ2v) is 9.60. The number of esters is 1. The predicted octanol–water partition coefficient (Wildman–Crippen LogP) is 6.73. The van der Waals surface area contributed by atoms with E-state index in [0.717, 1.165) is 11.1 Å². The van der Waals surface area contributed by atoms with E-state index in [1.54, 1.807) is 49.3 Å². The Kier molecular flexibility index (Phi) is 9.10. The second kappa shape index (κ2) is 12.7. The maximum absolute atomic E-state index is 13.1. The molecule has 7 nitrogen and oxygen atoms in total. The number of likely N-dealkylation sites (N-methyl/N-ethyl adjacent to an activating group) is 1. The smallest absolute Gasteiger partial charge is 0.338 e. The lowest BCUT2D eigenvalue weighted by Gasteiger charge is -2.12. The first-order valence-electron chi connectivity index (χ1n) is 12.0. The van der Waals surface area contributed by atoms with Crippen LogP contribution in [0.2, 0.25) is 5.02 Å². The largest absolute Gasteiger partial charge is 0.493 e. The number of methoxy groups -OCH3 is 1. The standard InChI is InChI=1S/C29H27ClN2O5S/c1-4-32-27(33)26(38-29(32)31-23-8-6-7-21(17-23)28(34)36-5-2)16-20-11-14-24(25(15-20)35-3)37-18-19-9-12-22(30)13-10-19/h6-17H,4-5,18H2,1-3H3. The molecule has 4 rings (SSSR count). The van der Waals surface area contributed by atoms with Crippen LogP contribution in [0.5, 0.6) is 11.5 Å². The summed E-state index contributed by atoms with van der Waals surface area (Å²) in [5.41, 5.74) is 2.75. The lowest BCUT2D eigenvalue weighted by molar-refractivity contribution is -0.122. The van der Waals surface area contributed by atoms with Gasteiger partial charge in [0, 0.05) is 11.6 Å². The molecule has 0 bridgehead atoms. The molecule has 9 heteroatoms. The summed E-state index contributed by atoms with van der Waals surface area (Å²) in [6.45, 7) is 4.76. The van der Waals surface area contributed by atoms with E-state index < -0.39 is 5.97 Å². The predicted molar refractivity (Wildman–Crippen MR) is 151 cm³/mol. The highest BCUT2D eigenvalue weighted by Crippen LogP contribution is 2.36. The van der Waals surface area contributed by atoms with E-state index in [-0.39, 0.29) is 5.91 Å². The number of halogens is 1. The van der Waals surface area contributed by atoms with Crippen molar-refractivity contribution in [1.82, 2.24) is 4.90 Å². The third-order valence-electron chi connectivity index (χ3n) is 5.58. The van der Waals surface area contributed by atoms with E-state index in [1.165, 1.54) is 11.8 Å². The van der Waals surface area contributed by atoms with Gasteiger partial charge in [-0.2, -0.15) is 0 Å². The van der Waals surface area contributed by atoms with Crippen LogP contribution in [0.25, 0.3) is 6.08 Å². The van der Waals surface area contributed by atoms with Crippen LogP contribution in [0.1, 0.15) is 35.3 Å². The van der Waals surface area contributed by atoms with Gasteiger partial charge >= 0.3 is 5.97 Å². The van der Waals surface area contributed by atoms with Crippen molar-refractivity contribution >= 4 is 52.2 Å². The molecular weight excluding hydrogens is 524 g/mol. The number of benzene rings is 3. The molecule has 3 aromatic carbocycles. The van der Waals surface area contributed by atoms with Crippen LogP contribution in [-0.4, -0.2) is 42.2 Å². The molecule has 0 N–H and O–H groups in total. The number of hydrogen-bond donors (Lipinski definition) is 0. The van der Waals surface area contributed by atoms with Gasteiger partial charge < -0.3 is 14.2 Å². The van der Waals surface area contributed by atoms with Crippen LogP contribution in [0.4, 0.5) is 5.69 Å².